The molecule has 2 aromatic carbocycles. The highest BCUT2D eigenvalue weighted by molar-refractivity contribution is 6.10. The van der Waals surface area contributed by atoms with Gasteiger partial charge in [-0.25, -0.2) is 5.43 Å². The predicted octanol–water partition coefficient (Wildman–Crippen LogP) is 2.86. The van der Waals surface area contributed by atoms with Crippen molar-refractivity contribution in [2.24, 2.45) is 4.99 Å². The molecular weight excluding hydrogens is 406 g/mol. The molecular formula is C24H25N5O3. The molecule has 8 heteroatoms. The number of nitrogens with zero attached hydrogens (tertiary/aromatic N) is 1. The minimum atomic E-state index is -0.405. The molecule has 0 atom stereocenters. The van der Waals surface area contributed by atoms with E-state index in [1.807, 2.05) is 30.3 Å². The van der Waals surface area contributed by atoms with Crippen LogP contribution in [0, 0.1) is 0 Å². The number of hydrazine groups is 1. The fourth-order valence-electron chi connectivity index (χ4n) is 2.87. The number of nitrogens with one attached hydrogen (secondary N) is 4. The van der Waals surface area contributed by atoms with Gasteiger partial charge in [0.25, 0.3) is 11.5 Å². The van der Waals surface area contributed by atoms with Crippen LogP contribution in [-0.2, 0) is 6.61 Å². The largest absolute Gasteiger partial charge is 0.489 e. The second-order valence-electron chi connectivity index (χ2n) is 6.72. The standard InChI is InChI=1S/C24H25N5O3/c1-25-21(12-13-28-26-2)19-14-22(24(31)27-15-19)29-23(30)18-8-10-20(11-9-18)32-16-17-6-4-3-5-7-17/h3-15,26,28H,16H2,1-2H3,(H,27,31)(H,29,30)/b13-12-,25-21?. The van der Waals surface area contributed by atoms with Gasteiger partial charge in [0.05, 0.1) is 5.71 Å². The fraction of sp³-hybridized carbons (Fsp3) is 0.125. The zero-order valence-corrected chi connectivity index (χ0v) is 17.9. The van der Waals surface area contributed by atoms with Crippen molar-refractivity contribution < 1.29 is 9.53 Å². The molecule has 164 valence electrons. The van der Waals surface area contributed by atoms with Crippen molar-refractivity contribution in [2.45, 2.75) is 6.61 Å². The zero-order chi connectivity index (χ0) is 22.8. The quantitative estimate of drug-likeness (QED) is 0.308. The van der Waals surface area contributed by atoms with Gasteiger partial charge in [-0.1, -0.05) is 30.3 Å². The maximum Gasteiger partial charge on any atom is 0.271 e. The number of allylic oxidation sites excluding steroid dienone is 1. The Balaban J connectivity index is 1.68. The lowest BCUT2D eigenvalue weighted by molar-refractivity contribution is 0.102. The van der Waals surface area contributed by atoms with Crippen molar-refractivity contribution in [1.82, 2.24) is 15.8 Å². The second-order valence-corrected chi connectivity index (χ2v) is 6.72. The summed E-state index contributed by atoms with van der Waals surface area (Å²) in [6.07, 6.45) is 4.96. The van der Waals surface area contributed by atoms with Gasteiger partial charge in [0.1, 0.15) is 18.0 Å². The number of hydrogen-bond donors (Lipinski definition) is 4. The predicted molar refractivity (Wildman–Crippen MR) is 126 cm³/mol. The van der Waals surface area contributed by atoms with E-state index in [1.54, 1.807) is 62.9 Å². The number of benzene rings is 2. The van der Waals surface area contributed by atoms with Crippen molar-refractivity contribution in [3.8, 4) is 5.75 Å². The van der Waals surface area contributed by atoms with E-state index < -0.39 is 11.5 Å². The van der Waals surface area contributed by atoms with Crippen molar-refractivity contribution in [3.05, 3.63) is 106 Å². The molecule has 1 heterocycles. The Labute approximate surface area is 186 Å². The molecule has 0 fully saturated rings. The molecule has 3 rings (SSSR count). The van der Waals surface area contributed by atoms with Crippen molar-refractivity contribution in [2.75, 3.05) is 19.4 Å². The molecule has 0 bridgehead atoms. The van der Waals surface area contributed by atoms with Crippen LogP contribution in [0.5, 0.6) is 5.75 Å². The number of pyridine rings is 1. The van der Waals surface area contributed by atoms with Gasteiger partial charge < -0.3 is 20.5 Å². The van der Waals surface area contributed by atoms with Crippen LogP contribution in [0.15, 0.2) is 88.9 Å². The SMILES string of the molecule is CN=C(/C=C\NNC)c1c[nH]c(=O)c(NC(=O)c2ccc(OCc3ccccc3)cc2)c1. The number of carbonyl (C=O) groups excluding carboxylic acids is 1. The van der Waals surface area contributed by atoms with E-state index in [-0.39, 0.29) is 5.69 Å². The van der Waals surface area contributed by atoms with Crippen LogP contribution in [0.2, 0.25) is 0 Å². The fourth-order valence-corrected chi connectivity index (χ4v) is 2.87. The molecule has 3 aromatic rings. The average molecular weight is 431 g/mol. The average Bonchev–Trinajstić information content (AvgIpc) is 2.83. The Morgan fingerprint density at radius 1 is 1.09 bits per heavy atom. The van der Waals surface area contributed by atoms with Crippen molar-refractivity contribution in [1.29, 1.82) is 0 Å². The molecule has 1 amide bonds. The number of H-pyrrole nitrogens is 1. The van der Waals surface area contributed by atoms with Gasteiger partial charge in [-0.05, 0) is 42.0 Å². The first-order chi connectivity index (χ1) is 15.6. The summed E-state index contributed by atoms with van der Waals surface area (Å²) in [6.45, 7) is 0.439. The van der Waals surface area contributed by atoms with Crippen LogP contribution in [0.25, 0.3) is 0 Å². The summed E-state index contributed by atoms with van der Waals surface area (Å²) in [7, 11) is 3.38. The maximum absolute atomic E-state index is 12.7. The summed E-state index contributed by atoms with van der Waals surface area (Å²) in [6, 6.07) is 18.1. The van der Waals surface area contributed by atoms with Crippen LogP contribution in [0.4, 0.5) is 5.69 Å². The lowest BCUT2D eigenvalue weighted by atomic mass is 10.1. The van der Waals surface area contributed by atoms with Crippen LogP contribution in [0.3, 0.4) is 0 Å². The molecule has 4 N–H and O–H groups in total. The minimum Gasteiger partial charge on any atom is -0.489 e. The van der Waals surface area contributed by atoms with Gasteiger partial charge in [0.2, 0.25) is 0 Å². The van der Waals surface area contributed by atoms with E-state index >= 15 is 0 Å². The first-order valence-electron chi connectivity index (χ1n) is 9.97. The number of aromatic amines is 1. The number of hydrogen-bond acceptors (Lipinski definition) is 6. The number of ether oxygens (including phenoxy) is 1. The van der Waals surface area contributed by atoms with Gasteiger partial charge in [0, 0.05) is 37.6 Å². The Morgan fingerprint density at radius 2 is 1.84 bits per heavy atom. The Kier molecular flexibility index (Phi) is 7.94. The summed E-state index contributed by atoms with van der Waals surface area (Å²) in [5.74, 6) is 0.251. The highest BCUT2D eigenvalue weighted by Crippen LogP contribution is 2.15. The number of rotatable bonds is 9. The number of carbonyl (C=O) groups is 1. The molecule has 0 aliphatic carbocycles. The third-order valence-corrected chi connectivity index (χ3v) is 4.52. The van der Waals surface area contributed by atoms with Crippen LogP contribution in [-0.4, -0.2) is 30.7 Å². The van der Waals surface area contributed by atoms with Crippen molar-refractivity contribution >= 4 is 17.3 Å². The van der Waals surface area contributed by atoms with E-state index in [0.717, 1.165) is 5.56 Å². The Morgan fingerprint density at radius 3 is 2.53 bits per heavy atom. The number of aliphatic imine (C=N–C) groups is 1. The molecule has 0 saturated carbocycles. The number of amides is 1. The van der Waals surface area contributed by atoms with Gasteiger partial charge >= 0.3 is 0 Å². The van der Waals surface area contributed by atoms with Crippen LogP contribution >= 0.6 is 0 Å². The minimum absolute atomic E-state index is 0.132. The summed E-state index contributed by atoms with van der Waals surface area (Å²) < 4.78 is 5.74. The van der Waals surface area contributed by atoms with E-state index in [4.69, 9.17) is 4.74 Å². The molecule has 0 aliphatic heterocycles. The molecule has 32 heavy (non-hydrogen) atoms. The van der Waals surface area contributed by atoms with Gasteiger partial charge in [-0.3, -0.25) is 14.6 Å². The smallest absolute Gasteiger partial charge is 0.271 e. The maximum atomic E-state index is 12.7. The molecule has 8 nitrogen and oxygen atoms in total. The lowest BCUT2D eigenvalue weighted by Gasteiger charge is -2.09. The Bertz CT molecular complexity index is 1150. The van der Waals surface area contributed by atoms with E-state index in [1.165, 1.54) is 0 Å². The van der Waals surface area contributed by atoms with Gasteiger partial charge in [0.15, 0.2) is 0 Å². The van der Waals surface area contributed by atoms with E-state index in [0.29, 0.717) is 29.2 Å². The van der Waals surface area contributed by atoms with E-state index in [2.05, 4.69) is 26.1 Å². The number of aromatic nitrogens is 1. The molecule has 0 radical (unpaired) electrons. The monoisotopic (exact) mass is 431 g/mol. The molecule has 0 saturated heterocycles. The molecule has 1 aromatic heterocycles. The second kappa shape index (κ2) is 11.3. The third kappa shape index (κ3) is 6.16. The summed E-state index contributed by atoms with van der Waals surface area (Å²) in [5.41, 5.74) is 8.06. The third-order valence-electron chi connectivity index (χ3n) is 4.52. The summed E-state index contributed by atoms with van der Waals surface area (Å²) in [4.78, 5) is 31.7. The topological polar surface area (TPSA) is 108 Å². The number of anilines is 1. The van der Waals surface area contributed by atoms with Crippen molar-refractivity contribution in [3.63, 3.8) is 0 Å². The van der Waals surface area contributed by atoms with E-state index in [9.17, 15) is 9.59 Å². The van der Waals surface area contributed by atoms with Gasteiger partial charge in [-0.15, -0.1) is 0 Å². The first kappa shape index (κ1) is 22.5. The summed E-state index contributed by atoms with van der Waals surface area (Å²) >= 11 is 0. The zero-order valence-electron chi connectivity index (χ0n) is 17.9. The Hall–Kier alpha value is -4.17. The van der Waals surface area contributed by atoms with Crippen LogP contribution < -0.4 is 26.5 Å². The molecule has 0 unspecified atom stereocenters. The van der Waals surface area contributed by atoms with Gasteiger partial charge in [-0.2, -0.15) is 0 Å². The highest BCUT2D eigenvalue weighted by atomic mass is 16.5. The van der Waals surface area contributed by atoms with Crippen LogP contribution in [0.1, 0.15) is 21.5 Å². The lowest BCUT2D eigenvalue weighted by Crippen LogP contribution is -2.22. The molecule has 0 aliphatic rings. The highest BCUT2D eigenvalue weighted by Gasteiger charge is 2.11. The first-order valence-corrected chi connectivity index (χ1v) is 9.97. The molecule has 0 spiro atoms. The summed E-state index contributed by atoms with van der Waals surface area (Å²) in [5, 5.41) is 2.66. The normalized spacial score (nSPS) is 11.4.